The van der Waals surface area contributed by atoms with Crippen LogP contribution >= 0.6 is 0 Å². The Kier molecular flexibility index (Phi) is 3.85. The number of ether oxygens (including phenoxy) is 2. The molecule has 0 spiro atoms. The third kappa shape index (κ3) is 2.94. The number of hydrogen-bond acceptors (Lipinski definition) is 5. The average molecular weight is 359 g/mol. The predicted octanol–water partition coefficient (Wildman–Crippen LogP) is 1.82. The molecule has 2 heterocycles. The summed E-state index contributed by atoms with van der Waals surface area (Å²) in [6.07, 6.45) is 0. The van der Waals surface area contributed by atoms with E-state index >= 15 is 0 Å². The van der Waals surface area contributed by atoms with Crippen LogP contribution in [0.1, 0.15) is 5.82 Å². The summed E-state index contributed by atoms with van der Waals surface area (Å²) in [5, 5.41) is 0. The number of para-hydroxylation sites is 2. The fourth-order valence-electron chi connectivity index (χ4n) is 2.79. The maximum absolute atomic E-state index is 12.6. The van der Waals surface area contributed by atoms with Gasteiger partial charge < -0.3 is 14.0 Å². The lowest BCUT2D eigenvalue weighted by Gasteiger charge is -2.18. The highest BCUT2D eigenvalue weighted by atomic mass is 32.2. The fourth-order valence-corrected chi connectivity index (χ4v) is 3.78. The van der Waals surface area contributed by atoms with E-state index in [4.69, 9.17) is 9.47 Å². The van der Waals surface area contributed by atoms with E-state index in [0.29, 0.717) is 30.5 Å². The molecule has 3 aromatic rings. The summed E-state index contributed by atoms with van der Waals surface area (Å²) < 4.78 is 40.5. The Labute approximate surface area is 145 Å². The molecule has 1 aromatic heterocycles. The largest absolute Gasteiger partial charge is 0.486 e. The summed E-state index contributed by atoms with van der Waals surface area (Å²) in [7, 11) is -1.82. The van der Waals surface area contributed by atoms with E-state index in [-0.39, 0.29) is 11.4 Å². The molecule has 0 atom stereocenters. The minimum absolute atomic E-state index is 0.0992. The van der Waals surface area contributed by atoms with Crippen LogP contribution < -0.4 is 14.2 Å². The van der Waals surface area contributed by atoms with Gasteiger partial charge in [-0.05, 0) is 24.3 Å². The SMILES string of the molecule is Cn1c(CNS(=O)(=O)c2ccc3c(c2)OCCO3)nc2ccccc21. The molecule has 0 amide bonds. The van der Waals surface area contributed by atoms with Gasteiger partial charge in [0.25, 0.3) is 0 Å². The highest BCUT2D eigenvalue weighted by Gasteiger charge is 2.20. The highest BCUT2D eigenvalue weighted by Crippen LogP contribution is 2.32. The number of imidazole rings is 1. The van der Waals surface area contributed by atoms with Gasteiger partial charge in [-0.2, -0.15) is 0 Å². The molecule has 0 unspecified atom stereocenters. The predicted molar refractivity (Wildman–Crippen MR) is 92.2 cm³/mol. The Morgan fingerprint density at radius 1 is 1.12 bits per heavy atom. The number of nitrogens with one attached hydrogen (secondary N) is 1. The summed E-state index contributed by atoms with van der Waals surface area (Å²) in [6, 6.07) is 12.3. The molecule has 1 aliphatic rings. The van der Waals surface area contributed by atoms with E-state index < -0.39 is 10.0 Å². The highest BCUT2D eigenvalue weighted by molar-refractivity contribution is 7.89. The number of hydrogen-bond donors (Lipinski definition) is 1. The first-order valence-electron chi connectivity index (χ1n) is 7.84. The van der Waals surface area contributed by atoms with Crippen molar-refractivity contribution in [2.24, 2.45) is 7.05 Å². The zero-order chi connectivity index (χ0) is 17.4. The lowest BCUT2D eigenvalue weighted by molar-refractivity contribution is 0.171. The molecule has 1 N–H and O–H groups in total. The van der Waals surface area contributed by atoms with Crippen molar-refractivity contribution < 1.29 is 17.9 Å². The summed E-state index contributed by atoms with van der Waals surface area (Å²) in [4.78, 5) is 4.61. The molecule has 0 radical (unpaired) electrons. The topological polar surface area (TPSA) is 82.5 Å². The van der Waals surface area contributed by atoms with Gasteiger partial charge in [0.1, 0.15) is 19.0 Å². The molecule has 7 nitrogen and oxygen atoms in total. The van der Waals surface area contributed by atoms with Crippen molar-refractivity contribution >= 4 is 21.1 Å². The summed E-state index contributed by atoms with van der Waals surface area (Å²) >= 11 is 0. The van der Waals surface area contributed by atoms with E-state index in [1.807, 2.05) is 35.9 Å². The van der Waals surface area contributed by atoms with Crippen molar-refractivity contribution in [3.63, 3.8) is 0 Å². The molecular formula is C17H17N3O4S. The van der Waals surface area contributed by atoms with Crippen LogP contribution in [0.5, 0.6) is 11.5 Å². The minimum Gasteiger partial charge on any atom is -0.486 e. The second kappa shape index (κ2) is 6.05. The van der Waals surface area contributed by atoms with E-state index in [9.17, 15) is 8.42 Å². The molecule has 25 heavy (non-hydrogen) atoms. The van der Waals surface area contributed by atoms with Crippen molar-refractivity contribution in [1.82, 2.24) is 14.3 Å². The van der Waals surface area contributed by atoms with E-state index in [0.717, 1.165) is 11.0 Å². The smallest absolute Gasteiger partial charge is 0.241 e. The van der Waals surface area contributed by atoms with Crippen molar-refractivity contribution in [3.05, 3.63) is 48.3 Å². The van der Waals surface area contributed by atoms with Gasteiger partial charge in [0.15, 0.2) is 11.5 Å². The number of rotatable bonds is 4. The third-order valence-electron chi connectivity index (χ3n) is 4.12. The lowest BCUT2D eigenvalue weighted by Crippen LogP contribution is -2.25. The van der Waals surface area contributed by atoms with Gasteiger partial charge >= 0.3 is 0 Å². The molecule has 1 aliphatic heterocycles. The summed E-state index contributed by atoms with van der Waals surface area (Å²) in [5.74, 6) is 1.64. The Hall–Kier alpha value is -2.58. The normalized spacial score (nSPS) is 14.0. The molecule has 0 saturated heterocycles. The molecule has 8 heteroatoms. The standard InChI is InChI=1S/C17H17N3O4S/c1-20-14-5-3-2-4-13(14)19-17(20)11-18-25(21,22)12-6-7-15-16(10-12)24-9-8-23-15/h2-7,10,18H,8-9,11H2,1H3. The first kappa shape index (κ1) is 15.9. The Morgan fingerprint density at radius 3 is 2.68 bits per heavy atom. The summed E-state index contributed by atoms with van der Waals surface area (Å²) in [6.45, 7) is 0.968. The Bertz CT molecular complexity index is 1040. The van der Waals surface area contributed by atoms with Crippen LogP contribution in [0.4, 0.5) is 0 Å². The van der Waals surface area contributed by atoms with Gasteiger partial charge in [-0.15, -0.1) is 0 Å². The van der Waals surface area contributed by atoms with Crippen LogP contribution in [-0.2, 0) is 23.6 Å². The maximum Gasteiger partial charge on any atom is 0.241 e. The second-order valence-electron chi connectivity index (χ2n) is 5.71. The monoisotopic (exact) mass is 359 g/mol. The van der Waals surface area contributed by atoms with Crippen LogP contribution in [0.3, 0.4) is 0 Å². The van der Waals surface area contributed by atoms with Gasteiger partial charge in [0, 0.05) is 13.1 Å². The quantitative estimate of drug-likeness (QED) is 0.768. The van der Waals surface area contributed by atoms with Crippen LogP contribution in [-0.4, -0.2) is 31.2 Å². The molecular weight excluding hydrogens is 342 g/mol. The van der Waals surface area contributed by atoms with Crippen molar-refractivity contribution in [2.75, 3.05) is 13.2 Å². The fraction of sp³-hybridized carbons (Fsp3) is 0.235. The van der Waals surface area contributed by atoms with Gasteiger partial charge in [0.2, 0.25) is 10.0 Å². The number of aromatic nitrogens is 2. The Balaban J connectivity index is 1.58. The first-order valence-corrected chi connectivity index (χ1v) is 9.32. The van der Waals surface area contributed by atoms with Gasteiger partial charge in [-0.3, -0.25) is 0 Å². The van der Waals surface area contributed by atoms with Crippen molar-refractivity contribution in [3.8, 4) is 11.5 Å². The molecule has 0 saturated carbocycles. The number of aryl methyl sites for hydroxylation is 1. The van der Waals surface area contributed by atoms with E-state index in [1.54, 1.807) is 6.07 Å². The Morgan fingerprint density at radius 2 is 1.88 bits per heavy atom. The van der Waals surface area contributed by atoms with E-state index in [2.05, 4.69) is 9.71 Å². The van der Waals surface area contributed by atoms with Crippen LogP contribution in [0, 0.1) is 0 Å². The zero-order valence-electron chi connectivity index (χ0n) is 13.6. The number of nitrogens with zero attached hydrogens (tertiary/aromatic N) is 2. The van der Waals surface area contributed by atoms with E-state index in [1.165, 1.54) is 12.1 Å². The second-order valence-corrected chi connectivity index (χ2v) is 7.47. The lowest BCUT2D eigenvalue weighted by atomic mass is 10.3. The first-order chi connectivity index (χ1) is 12.0. The summed E-state index contributed by atoms with van der Waals surface area (Å²) in [5.41, 5.74) is 1.79. The minimum atomic E-state index is -3.69. The van der Waals surface area contributed by atoms with Gasteiger partial charge in [-0.1, -0.05) is 12.1 Å². The number of benzene rings is 2. The molecule has 0 aliphatic carbocycles. The molecule has 0 bridgehead atoms. The molecule has 0 fully saturated rings. The third-order valence-corrected chi connectivity index (χ3v) is 5.52. The van der Waals surface area contributed by atoms with Crippen LogP contribution in [0.15, 0.2) is 47.4 Å². The molecule has 2 aromatic carbocycles. The van der Waals surface area contributed by atoms with Crippen molar-refractivity contribution in [1.29, 1.82) is 0 Å². The van der Waals surface area contributed by atoms with Crippen molar-refractivity contribution in [2.45, 2.75) is 11.4 Å². The molecule has 4 rings (SSSR count). The maximum atomic E-state index is 12.6. The number of fused-ring (bicyclic) bond motifs is 2. The average Bonchev–Trinajstić information content (AvgIpc) is 2.96. The van der Waals surface area contributed by atoms with Crippen LogP contribution in [0.2, 0.25) is 0 Å². The molecule has 130 valence electrons. The number of sulfonamides is 1. The van der Waals surface area contributed by atoms with Gasteiger partial charge in [0.05, 0.1) is 22.5 Å². The van der Waals surface area contributed by atoms with Crippen LogP contribution in [0.25, 0.3) is 11.0 Å². The van der Waals surface area contributed by atoms with Gasteiger partial charge in [-0.25, -0.2) is 18.1 Å². The zero-order valence-corrected chi connectivity index (χ0v) is 14.4.